The highest BCUT2D eigenvalue weighted by Crippen LogP contribution is 2.25. The van der Waals surface area contributed by atoms with E-state index in [2.05, 4.69) is 21.2 Å². The number of carbonyl (C=O) groups is 1. The molecule has 0 fully saturated rings. The summed E-state index contributed by atoms with van der Waals surface area (Å²) in [6.07, 6.45) is 0. The van der Waals surface area contributed by atoms with Gasteiger partial charge in [0.05, 0.1) is 4.90 Å². The molecule has 118 valence electrons. The van der Waals surface area contributed by atoms with Crippen LogP contribution in [-0.2, 0) is 10.0 Å². The number of carbonyl (C=O) groups excluding carboxylic acids is 1. The maximum Gasteiger partial charge on any atom is 0.251 e. The summed E-state index contributed by atoms with van der Waals surface area (Å²) < 4.78 is 26.0. The number of halogens is 1. The van der Waals surface area contributed by atoms with Gasteiger partial charge in [-0.25, -0.2) is 12.7 Å². The Morgan fingerprint density at radius 2 is 1.81 bits per heavy atom. The molecular formula is C14H21BrN2O3S. The number of nitrogens with zero attached hydrogens (tertiary/aromatic N) is 1. The zero-order chi connectivity index (χ0) is 16.4. The number of amides is 1. The van der Waals surface area contributed by atoms with E-state index in [1.807, 2.05) is 20.8 Å². The van der Waals surface area contributed by atoms with Crippen LogP contribution in [0.15, 0.2) is 27.6 Å². The van der Waals surface area contributed by atoms with Gasteiger partial charge < -0.3 is 5.32 Å². The lowest BCUT2D eigenvalue weighted by atomic mass is 10.1. The maximum absolute atomic E-state index is 12.2. The fourth-order valence-corrected chi connectivity index (χ4v) is 3.34. The van der Waals surface area contributed by atoms with Gasteiger partial charge in [0.2, 0.25) is 10.0 Å². The minimum absolute atomic E-state index is 0.00931. The molecule has 0 heterocycles. The second kappa shape index (κ2) is 6.89. The van der Waals surface area contributed by atoms with E-state index in [4.69, 9.17) is 0 Å². The number of sulfonamides is 1. The second-order valence-corrected chi connectivity index (χ2v) is 8.41. The van der Waals surface area contributed by atoms with Crippen molar-refractivity contribution in [3.05, 3.63) is 28.2 Å². The van der Waals surface area contributed by atoms with Crippen molar-refractivity contribution in [3.8, 4) is 0 Å². The van der Waals surface area contributed by atoms with Crippen molar-refractivity contribution < 1.29 is 13.2 Å². The molecule has 7 heteroatoms. The molecule has 21 heavy (non-hydrogen) atoms. The maximum atomic E-state index is 12.2. The van der Waals surface area contributed by atoms with Crippen LogP contribution in [0.4, 0.5) is 0 Å². The SMILES string of the molecule is CC(C)C(C)NC(=O)c1ccc(Br)c(S(=O)(=O)N(C)C)c1. The van der Waals surface area contributed by atoms with Gasteiger partial charge in [-0.15, -0.1) is 0 Å². The van der Waals surface area contributed by atoms with Gasteiger partial charge in [0, 0.05) is 30.2 Å². The summed E-state index contributed by atoms with van der Waals surface area (Å²) in [4.78, 5) is 12.3. The highest BCUT2D eigenvalue weighted by Gasteiger charge is 2.22. The van der Waals surface area contributed by atoms with Crippen LogP contribution in [-0.4, -0.2) is 38.8 Å². The zero-order valence-electron chi connectivity index (χ0n) is 12.8. The number of rotatable bonds is 5. The van der Waals surface area contributed by atoms with Crippen LogP contribution >= 0.6 is 15.9 Å². The normalized spacial score (nSPS) is 13.5. The molecule has 0 saturated carbocycles. The van der Waals surface area contributed by atoms with Crippen LogP contribution in [0.25, 0.3) is 0 Å². The first-order valence-electron chi connectivity index (χ1n) is 6.60. The Hall–Kier alpha value is -0.920. The Morgan fingerprint density at radius 3 is 2.29 bits per heavy atom. The van der Waals surface area contributed by atoms with Crippen molar-refractivity contribution in [2.24, 2.45) is 5.92 Å². The van der Waals surface area contributed by atoms with E-state index in [0.29, 0.717) is 16.0 Å². The topological polar surface area (TPSA) is 66.5 Å². The molecule has 1 aromatic rings. The summed E-state index contributed by atoms with van der Waals surface area (Å²) >= 11 is 3.22. The van der Waals surface area contributed by atoms with E-state index < -0.39 is 10.0 Å². The summed E-state index contributed by atoms with van der Waals surface area (Å²) in [5, 5.41) is 2.86. The summed E-state index contributed by atoms with van der Waals surface area (Å²) in [6.45, 7) is 5.93. The minimum Gasteiger partial charge on any atom is -0.349 e. The fourth-order valence-electron chi connectivity index (χ4n) is 1.50. The average Bonchev–Trinajstić information content (AvgIpc) is 2.38. The lowest BCUT2D eigenvalue weighted by molar-refractivity contribution is 0.0930. The van der Waals surface area contributed by atoms with Crippen molar-refractivity contribution in [3.63, 3.8) is 0 Å². The molecule has 1 aromatic carbocycles. The number of nitrogens with one attached hydrogen (secondary N) is 1. The summed E-state index contributed by atoms with van der Waals surface area (Å²) in [6, 6.07) is 4.57. The highest BCUT2D eigenvalue weighted by atomic mass is 79.9. The first-order valence-corrected chi connectivity index (χ1v) is 8.83. The van der Waals surface area contributed by atoms with Gasteiger partial charge in [0.25, 0.3) is 5.91 Å². The zero-order valence-corrected chi connectivity index (χ0v) is 15.2. The molecule has 0 bridgehead atoms. The summed E-state index contributed by atoms with van der Waals surface area (Å²) in [5.74, 6) is 0.0216. The Morgan fingerprint density at radius 1 is 1.24 bits per heavy atom. The second-order valence-electron chi connectivity index (χ2n) is 5.44. The monoisotopic (exact) mass is 376 g/mol. The Labute approximate surface area is 134 Å². The van der Waals surface area contributed by atoms with Gasteiger partial charge in [-0.1, -0.05) is 13.8 Å². The smallest absolute Gasteiger partial charge is 0.251 e. The molecule has 0 aliphatic carbocycles. The summed E-state index contributed by atoms with van der Waals surface area (Å²) in [5.41, 5.74) is 0.325. The molecule has 1 amide bonds. The van der Waals surface area contributed by atoms with Crippen molar-refractivity contribution >= 4 is 31.9 Å². The third-order valence-corrected chi connectivity index (χ3v) is 6.12. The molecule has 1 N–H and O–H groups in total. The van der Waals surface area contributed by atoms with Crippen LogP contribution in [0, 0.1) is 5.92 Å². The molecule has 0 saturated heterocycles. The molecule has 0 aliphatic heterocycles. The minimum atomic E-state index is -3.60. The third-order valence-electron chi connectivity index (χ3n) is 3.31. The molecule has 1 rings (SSSR count). The highest BCUT2D eigenvalue weighted by molar-refractivity contribution is 9.10. The standard InChI is InChI=1S/C14H21BrN2O3S/c1-9(2)10(3)16-14(18)11-6-7-12(15)13(8-11)21(19,20)17(4)5/h6-10H,1-5H3,(H,16,18). The van der Waals surface area contributed by atoms with Gasteiger partial charge in [-0.05, 0) is 47.0 Å². The average molecular weight is 377 g/mol. The molecule has 0 aliphatic rings. The van der Waals surface area contributed by atoms with E-state index in [-0.39, 0.29) is 16.8 Å². The molecule has 0 aromatic heterocycles. The number of benzene rings is 1. The lowest BCUT2D eigenvalue weighted by Gasteiger charge is -2.18. The predicted octanol–water partition coefficient (Wildman–Crippen LogP) is 2.47. The number of hydrogen-bond donors (Lipinski definition) is 1. The Kier molecular flexibility index (Phi) is 5.95. The molecule has 0 radical (unpaired) electrons. The van der Waals surface area contributed by atoms with Crippen LogP contribution in [0.3, 0.4) is 0 Å². The molecule has 1 unspecified atom stereocenters. The van der Waals surface area contributed by atoms with E-state index in [0.717, 1.165) is 4.31 Å². The van der Waals surface area contributed by atoms with Gasteiger partial charge in [-0.2, -0.15) is 0 Å². The van der Waals surface area contributed by atoms with E-state index >= 15 is 0 Å². The van der Waals surface area contributed by atoms with Crippen molar-refractivity contribution in [1.82, 2.24) is 9.62 Å². The molecule has 5 nitrogen and oxygen atoms in total. The van der Waals surface area contributed by atoms with Crippen LogP contribution in [0.2, 0.25) is 0 Å². The molecule has 0 spiro atoms. The third kappa shape index (κ3) is 4.28. The van der Waals surface area contributed by atoms with Crippen LogP contribution < -0.4 is 5.32 Å². The fraction of sp³-hybridized carbons (Fsp3) is 0.500. The van der Waals surface area contributed by atoms with Gasteiger partial charge >= 0.3 is 0 Å². The van der Waals surface area contributed by atoms with Gasteiger partial charge in [0.1, 0.15) is 0 Å². The Balaban J connectivity index is 3.16. The van der Waals surface area contributed by atoms with Crippen LogP contribution in [0.5, 0.6) is 0 Å². The van der Waals surface area contributed by atoms with E-state index in [1.165, 1.54) is 20.2 Å². The van der Waals surface area contributed by atoms with E-state index in [1.54, 1.807) is 12.1 Å². The van der Waals surface area contributed by atoms with Gasteiger partial charge in [-0.3, -0.25) is 4.79 Å². The van der Waals surface area contributed by atoms with E-state index in [9.17, 15) is 13.2 Å². The summed E-state index contributed by atoms with van der Waals surface area (Å²) in [7, 11) is -0.694. The quantitative estimate of drug-likeness (QED) is 0.857. The van der Waals surface area contributed by atoms with Gasteiger partial charge in [0.15, 0.2) is 0 Å². The number of hydrogen-bond acceptors (Lipinski definition) is 3. The molecular weight excluding hydrogens is 356 g/mol. The van der Waals surface area contributed by atoms with Crippen molar-refractivity contribution in [1.29, 1.82) is 0 Å². The van der Waals surface area contributed by atoms with Crippen molar-refractivity contribution in [2.75, 3.05) is 14.1 Å². The first-order chi connectivity index (χ1) is 9.57. The van der Waals surface area contributed by atoms with Crippen LogP contribution in [0.1, 0.15) is 31.1 Å². The van der Waals surface area contributed by atoms with Crippen molar-refractivity contribution in [2.45, 2.75) is 31.7 Å². The molecule has 1 atom stereocenters. The lowest BCUT2D eigenvalue weighted by Crippen LogP contribution is -2.36. The predicted molar refractivity (Wildman–Crippen MR) is 86.8 cm³/mol. The Bertz CT molecular complexity index is 627. The largest absolute Gasteiger partial charge is 0.349 e. The first kappa shape index (κ1) is 18.1.